The van der Waals surface area contributed by atoms with Gasteiger partial charge < -0.3 is 31.3 Å². The number of urea groups is 1. The van der Waals surface area contributed by atoms with Crippen molar-refractivity contribution in [3.05, 3.63) is 0 Å². The summed E-state index contributed by atoms with van der Waals surface area (Å²) in [6.07, 6.45) is 1.79. The summed E-state index contributed by atoms with van der Waals surface area (Å²) >= 11 is 0. The Hall–Kier alpha value is -2.36. The van der Waals surface area contributed by atoms with Crippen molar-refractivity contribution in [3.8, 4) is 0 Å². The molecule has 0 aliphatic heterocycles. The number of hydrogen-bond donors (Lipinski definition) is 6. The fraction of sp³-hybridized carbons (Fsp3) is 0.750. The minimum Gasteiger partial charge on any atom is -0.481 e. The highest BCUT2D eigenvalue weighted by molar-refractivity contribution is 5.86. The van der Waals surface area contributed by atoms with Crippen molar-refractivity contribution in [3.63, 3.8) is 0 Å². The third-order valence-corrected chi connectivity index (χ3v) is 3.88. The number of aliphatic carboxylic acids is 3. The van der Waals surface area contributed by atoms with Crippen LogP contribution in [0.1, 0.15) is 52.4 Å². The maximum atomic E-state index is 11.8. The lowest BCUT2D eigenvalue weighted by Crippen LogP contribution is -2.51. The van der Waals surface area contributed by atoms with E-state index in [4.69, 9.17) is 10.2 Å². The SMILES string of the molecule is CCC(C)NCCCC[C@@H](NC(=O)N[C@@H](CCC(=O)O)C(=O)O)C(=O)O. The number of carbonyl (C=O) groups is 4. The molecule has 0 fully saturated rings. The van der Waals surface area contributed by atoms with E-state index in [9.17, 15) is 24.3 Å². The first-order chi connectivity index (χ1) is 12.2. The quantitative estimate of drug-likeness (QED) is 0.240. The van der Waals surface area contributed by atoms with Crippen LogP contribution in [0.4, 0.5) is 4.79 Å². The Balaban J connectivity index is 4.37. The van der Waals surface area contributed by atoms with E-state index < -0.39 is 42.4 Å². The van der Waals surface area contributed by atoms with E-state index in [-0.39, 0.29) is 12.8 Å². The largest absolute Gasteiger partial charge is 0.481 e. The summed E-state index contributed by atoms with van der Waals surface area (Å²) in [5.74, 6) is -3.79. The van der Waals surface area contributed by atoms with Crippen molar-refractivity contribution in [1.29, 1.82) is 0 Å². The first-order valence-corrected chi connectivity index (χ1v) is 8.65. The molecule has 150 valence electrons. The van der Waals surface area contributed by atoms with Gasteiger partial charge in [-0.1, -0.05) is 6.92 Å². The zero-order valence-corrected chi connectivity index (χ0v) is 15.2. The van der Waals surface area contributed by atoms with Crippen molar-refractivity contribution >= 4 is 23.9 Å². The molecule has 0 saturated carbocycles. The second-order valence-electron chi connectivity index (χ2n) is 6.09. The zero-order valence-electron chi connectivity index (χ0n) is 15.2. The summed E-state index contributed by atoms with van der Waals surface area (Å²) in [6.45, 7) is 4.85. The van der Waals surface area contributed by atoms with Crippen LogP contribution in [-0.4, -0.2) is 63.9 Å². The molecule has 0 radical (unpaired) electrons. The average molecular weight is 375 g/mol. The van der Waals surface area contributed by atoms with Crippen molar-refractivity contribution in [2.24, 2.45) is 0 Å². The highest BCUT2D eigenvalue weighted by Gasteiger charge is 2.24. The molecule has 26 heavy (non-hydrogen) atoms. The molecule has 0 aliphatic rings. The summed E-state index contributed by atoms with van der Waals surface area (Å²) in [4.78, 5) is 44.6. The molecule has 6 N–H and O–H groups in total. The number of hydrogen-bond acceptors (Lipinski definition) is 5. The first kappa shape index (κ1) is 23.6. The van der Waals surface area contributed by atoms with Gasteiger partial charge in [-0.15, -0.1) is 0 Å². The normalized spacial score (nSPS) is 14.1. The van der Waals surface area contributed by atoms with Crippen LogP contribution in [0.2, 0.25) is 0 Å². The number of carboxylic acids is 3. The molecule has 0 aromatic carbocycles. The fourth-order valence-corrected chi connectivity index (χ4v) is 2.11. The highest BCUT2D eigenvalue weighted by Crippen LogP contribution is 2.03. The van der Waals surface area contributed by atoms with Crippen LogP contribution < -0.4 is 16.0 Å². The van der Waals surface area contributed by atoms with Crippen LogP contribution >= 0.6 is 0 Å². The minimum absolute atomic E-state index is 0.206. The maximum absolute atomic E-state index is 11.8. The Labute approximate surface area is 152 Å². The van der Waals surface area contributed by atoms with Gasteiger partial charge in [-0.2, -0.15) is 0 Å². The van der Waals surface area contributed by atoms with E-state index in [1.165, 1.54) is 0 Å². The van der Waals surface area contributed by atoms with Crippen molar-refractivity contribution in [2.75, 3.05) is 6.54 Å². The molecular weight excluding hydrogens is 346 g/mol. The van der Waals surface area contributed by atoms with Crippen LogP contribution in [0.25, 0.3) is 0 Å². The predicted octanol–water partition coefficient (Wildman–Crippen LogP) is 0.615. The Kier molecular flexibility index (Phi) is 11.8. The Morgan fingerprint density at radius 3 is 1.88 bits per heavy atom. The second kappa shape index (κ2) is 12.9. The van der Waals surface area contributed by atoms with Crippen molar-refractivity contribution in [1.82, 2.24) is 16.0 Å². The first-order valence-electron chi connectivity index (χ1n) is 8.65. The third kappa shape index (κ3) is 11.2. The van der Waals surface area contributed by atoms with Gasteiger partial charge in [-0.25, -0.2) is 14.4 Å². The third-order valence-electron chi connectivity index (χ3n) is 3.88. The summed E-state index contributed by atoms with van der Waals surface area (Å²) < 4.78 is 0. The molecule has 0 rings (SSSR count). The number of carbonyl (C=O) groups excluding carboxylic acids is 1. The Morgan fingerprint density at radius 1 is 0.885 bits per heavy atom. The minimum atomic E-state index is -1.40. The number of amides is 2. The number of rotatable bonds is 14. The van der Waals surface area contributed by atoms with Gasteiger partial charge in [-0.05, 0) is 45.6 Å². The zero-order chi connectivity index (χ0) is 20.1. The topological polar surface area (TPSA) is 165 Å². The average Bonchev–Trinajstić information content (AvgIpc) is 2.56. The molecule has 0 aromatic rings. The Morgan fingerprint density at radius 2 is 1.42 bits per heavy atom. The lowest BCUT2D eigenvalue weighted by molar-refractivity contribution is -0.140. The van der Waals surface area contributed by atoms with Gasteiger partial charge in [0.15, 0.2) is 0 Å². The van der Waals surface area contributed by atoms with Gasteiger partial charge in [0.25, 0.3) is 0 Å². The second-order valence-corrected chi connectivity index (χ2v) is 6.09. The van der Waals surface area contributed by atoms with Gasteiger partial charge in [0.05, 0.1) is 0 Å². The summed E-state index contributed by atoms with van der Waals surface area (Å²) in [6, 6.07) is -3.12. The Bertz CT molecular complexity index is 484. The van der Waals surface area contributed by atoms with Crippen LogP contribution in [0.5, 0.6) is 0 Å². The fourth-order valence-electron chi connectivity index (χ4n) is 2.11. The van der Waals surface area contributed by atoms with Gasteiger partial charge in [0.1, 0.15) is 12.1 Å². The summed E-state index contributed by atoms with van der Waals surface area (Å²) in [7, 11) is 0. The van der Waals surface area contributed by atoms with Crippen LogP contribution in [0.15, 0.2) is 0 Å². The van der Waals surface area contributed by atoms with E-state index in [1.807, 2.05) is 0 Å². The molecule has 0 aliphatic carbocycles. The van der Waals surface area contributed by atoms with Crippen LogP contribution in [-0.2, 0) is 14.4 Å². The van der Waals surface area contributed by atoms with E-state index in [1.54, 1.807) is 0 Å². The van der Waals surface area contributed by atoms with Crippen molar-refractivity contribution in [2.45, 2.75) is 70.5 Å². The van der Waals surface area contributed by atoms with E-state index >= 15 is 0 Å². The van der Waals surface area contributed by atoms with Crippen LogP contribution in [0, 0.1) is 0 Å². The molecule has 10 heteroatoms. The highest BCUT2D eigenvalue weighted by atomic mass is 16.4. The van der Waals surface area contributed by atoms with Gasteiger partial charge in [0.2, 0.25) is 0 Å². The number of carboxylic acid groups (broad SMARTS) is 3. The molecular formula is C16H29N3O7. The standard InChI is InChI=1S/C16H29N3O7/c1-3-10(2)17-9-5-4-6-11(14(22)23)18-16(26)19-12(15(24)25)7-8-13(20)21/h10-12,17H,3-9H2,1-2H3,(H,20,21)(H,22,23)(H,24,25)(H2,18,19,26)/t10?,11-,12+/m1/s1. The maximum Gasteiger partial charge on any atom is 0.326 e. The predicted molar refractivity (Wildman–Crippen MR) is 93.0 cm³/mol. The van der Waals surface area contributed by atoms with Crippen LogP contribution in [0.3, 0.4) is 0 Å². The molecule has 1 unspecified atom stereocenters. The lowest BCUT2D eigenvalue weighted by atomic mass is 10.1. The van der Waals surface area contributed by atoms with E-state index in [2.05, 4.69) is 29.8 Å². The van der Waals surface area contributed by atoms with Crippen molar-refractivity contribution < 1.29 is 34.5 Å². The van der Waals surface area contributed by atoms with Gasteiger partial charge >= 0.3 is 23.9 Å². The van der Waals surface area contributed by atoms with E-state index in [0.29, 0.717) is 12.5 Å². The molecule has 0 spiro atoms. The monoisotopic (exact) mass is 375 g/mol. The molecule has 0 aromatic heterocycles. The molecule has 0 heterocycles. The lowest BCUT2D eigenvalue weighted by Gasteiger charge is -2.18. The van der Waals surface area contributed by atoms with Gasteiger partial charge in [0, 0.05) is 12.5 Å². The molecule has 3 atom stereocenters. The molecule has 10 nitrogen and oxygen atoms in total. The number of unbranched alkanes of at least 4 members (excludes halogenated alkanes) is 1. The van der Waals surface area contributed by atoms with Gasteiger partial charge in [-0.3, -0.25) is 4.79 Å². The number of nitrogens with one attached hydrogen (secondary N) is 3. The van der Waals surface area contributed by atoms with E-state index in [0.717, 1.165) is 19.4 Å². The molecule has 0 bridgehead atoms. The summed E-state index contributed by atoms with van der Waals surface area (Å²) in [5, 5.41) is 34.3. The molecule has 2 amide bonds. The summed E-state index contributed by atoms with van der Waals surface area (Å²) in [5.41, 5.74) is 0. The molecule has 0 saturated heterocycles. The smallest absolute Gasteiger partial charge is 0.326 e.